The highest BCUT2D eigenvalue weighted by Gasteiger charge is 2.36. The maximum absolute atomic E-state index is 2.50. The van der Waals surface area contributed by atoms with Crippen molar-refractivity contribution >= 4 is 64.6 Å². The lowest BCUT2D eigenvalue weighted by Crippen LogP contribution is -2.15. The van der Waals surface area contributed by atoms with Crippen molar-refractivity contribution < 1.29 is 0 Å². The van der Waals surface area contributed by atoms with E-state index in [1.165, 1.54) is 120 Å². The Kier molecular flexibility index (Phi) is 6.78. The van der Waals surface area contributed by atoms with Gasteiger partial charge in [0, 0.05) is 5.41 Å². The quantitative estimate of drug-likeness (QED) is 0.126. The summed E-state index contributed by atoms with van der Waals surface area (Å²) in [4.78, 5) is 0. The van der Waals surface area contributed by atoms with Gasteiger partial charge in [0.15, 0.2) is 0 Å². The predicted molar refractivity (Wildman–Crippen MR) is 245 cm³/mol. The van der Waals surface area contributed by atoms with Gasteiger partial charge in [-0.25, -0.2) is 0 Å². The Hall–Kier alpha value is -7.02. The van der Waals surface area contributed by atoms with Crippen LogP contribution >= 0.6 is 0 Å². The molecule has 0 amide bonds. The number of hydrogen-bond donors (Lipinski definition) is 0. The van der Waals surface area contributed by atoms with Crippen LogP contribution < -0.4 is 0 Å². The molecule has 0 spiro atoms. The van der Waals surface area contributed by atoms with Gasteiger partial charge in [-0.15, -0.1) is 0 Å². The van der Waals surface area contributed by atoms with Crippen molar-refractivity contribution in [3.63, 3.8) is 0 Å². The summed E-state index contributed by atoms with van der Waals surface area (Å²) < 4.78 is 0. The molecule has 1 aliphatic carbocycles. The Balaban J connectivity index is 1.06. The molecule has 57 heavy (non-hydrogen) atoms. The minimum absolute atomic E-state index is 0.170. The third kappa shape index (κ3) is 4.68. The SMILES string of the molecule is CC1(C)c2cc(-c3c4ccccc4c(-c4cccc(-c5ccc6ccccc6c5)c4)c4ccccc34)ccc2-c2cc3c4ccccc4c4ccccc4c3cc21. The summed E-state index contributed by atoms with van der Waals surface area (Å²) >= 11 is 0. The monoisotopic (exact) mass is 722 g/mol. The van der Waals surface area contributed by atoms with Crippen LogP contribution in [-0.2, 0) is 5.41 Å². The molecule has 11 aromatic carbocycles. The number of benzene rings is 11. The Morgan fingerprint density at radius 3 is 1.32 bits per heavy atom. The Bertz CT molecular complexity index is 3430. The fourth-order valence-corrected chi connectivity index (χ4v) is 10.3. The molecule has 0 N–H and O–H groups in total. The van der Waals surface area contributed by atoms with Crippen LogP contribution in [0.5, 0.6) is 0 Å². The van der Waals surface area contributed by atoms with Gasteiger partial charge in [-0.2, -0.15) is 0 Å². The molecule has 0 bridgehead atoms. The average molecular weight is 723 g/mol. The van der Waals surface area contributed by atoms with Gasteiger partial charge in [0.1, 0.15) is 0 Å². The van der Waals surface area contributed by atoms with Gasteiger partial charge < -0.3 is 0 Å². The van der Waals surface area contributed by atoms with Crippen LogP contribution in [0, 0.1) is 0 Å². The summed E-state index contributed by atoms with van der Waals surface area (Å²) in [7, 11) is 0. The standard InChI is InChI=1S/C57H38/c1-57(2)53-32-40(28-29-45(53)52-33-50-43-20-7-5-18-41(43)42-19-6-8-21-44(42)51(50)34-54(52)57)56-48-24-11-9-22-46(48)55(47-23-10-12-25-49(47)56)39-17-13-16-37(31-39)38-27-26-35-14-3-4-15-36(35)30-38/h3-34H,1-2H3. The molecular formula is C57H38. The summed E-state index contributed by atoms with van der Waals surface area (Å²) in [6.45, 7) is 4.83. The number of rotatable bonds is 3. The maximum atomic E-state index is 2.50. The summed E-state index contributed by atoms with van der Waals surface area (Å²) in [5.74, 6) is 0. The van der Waals surface area contributed by atoms with Gasteiger partial charge in [0.05, 0.1) is 0 Å². The van der Waals surface area contributed by atoms with Crippen molar-refractivity contribution in [2.45, 2.75) is 19.3 Å². The molecule has 266 valence electrons. The largest absolute Gasteiger partial charge is 0.0616 e. The molecule has 0 saturated heterocycles. The summed E-state index contributed by atoms with van der Waals surface area (Å²) in [5.41, 5.74) is 12.9. The highest BCUT2D eigenvalue weighted by molar-refractivity contribution is 6.26. The molecule has 0 nitrogen and oxygen atoms in total. The van der Waals surface area contributed by atoms with E-state index >= 15 is 0 Å². The van der Waals surface area contributed by atoms with Crippen LogP contribution in [0.25, 0.3) is 109 Å². The zero-order valence-electron chi connectivity index (χ0n) is 32.0. The van der Waals surface area contributed by atoms with Crippen LogP contribution in [0.1, 0.15) is 25.0 Å². The Morgan fingerprint density at radius 2 is 0.702 bits per heavy atom. The fourth-order valence-electron chi connectivity index (χ4n) is 10.3. The molecule has 0 heteroatoms. The van der Waals surface area contributed by atoms with Crippen molar-refractivity contribution in [3.8, 4) is 44.5 Å². The molecule has 12 rings (SSSR count). The first-order valence-electron chi connectivity index (χ1n) is 20.1. The molecule has 0 unspecified atom stereocenters. The van der Waals surface area contributed by atoms with Gasteiger partial charge in [-0.3, -0.25) is 0 Å². The Labute approximate surface area is 332 Å². The molecular weight excluding hydrogens is 685 g/mol. The second-order valence-electron chi connectivity index (χ2n) is 16.4. The van der Waals surface area contributed by atoms with E-state index in [2.05, 4.69) is 208 Å². The van der Waals surface area contributed by atoms with Crippen LogP contribution in [0.3, 0.4) is 0 Å². The molecule has 0 heterocycles. The minimum Gasteiger partial charge on any atom is -0.0616 e. The number of hydrogen-bond acceptors (Lipinski definition) is 0. The van der Waals surface area contributed by atoms with E-state index in [4.69, 9.17) is 0 Å². The molecule has 0 radical (unpaired) electrons. The topological polar surface area (TPSA) is 0 Å². The van der Waals surface area contributed by atoms with Gasteiger partial charge in [-0.05, 0) is 151 Å². The Morgan fingerprint density at radius 1 is 0.263 bits per heavy atom. The van der Waals surface area contributed by atoms with E-state index in [1.807, 2.05) is 0 Å². The molecule has 0 fully saturated rings. The van der Waals surface area contributed by atoms with Crippen LogP contribution in [0.2, 0.25) is 0 Å². The molecule has 0 atom stereocenters. The van der Waals surface area contributed by atoms with Gasteiger partial charge in [0.2, 0.25) is 0 Å². The van der Waals surface area contributed by atoms with Crippen molar-refractivity contribution in [1.82, 2.24) is 0 Å². The smallest absolute Gasteiger partial charge is 0.0159 e. The van der Waals surface area contributed by atoms with Crippen molar-refractivity contribution in [2.75, 3.05) is 0 Å². The fraction of sp³-hybridized carbons (Fsp3) is 0.0526. The third-order valence-corrected chi connectivity index (χ3v) is 13.0. The zero-order valence-corrected chi connectivity index (χ0v) is 32.0. The maximum Gasteiger partial charge on any atom is 0.0159 e. The lowest BCUT2D eigenvalue weighted by atomic mass is 9.79. The second-order valence-corrected chi connectivity index (χ2v) is 16.4. The lowest BCUT2D eigenvalue weighted by molar-refractivity contribution is 0.661. The van der Waals surface area contributed by atoms with E-state index < -0.39 is 0 Å². The van der Waals surface area contributed by atoms with E-state index in [0.29, 0.717) is 0 Å². The predicted octanol–water partition coefficient (Wildman–Crippen LogP) is 15.9. The number of fused-ring (bicyclic) bond motifs is 12. The first kappa shape index (κ1) is 32.2. The first-order chi connectivity index (χ1) is 28.0. The van der Waals surface area contributed by atoms with Crippen molar-refractivity contribution in [3.05, 3.63) is 205 Å². The third-order valence-electron chi connectivity index (χ3n) is 13.0. The summed E-state index contributed by atoms with van der Waals surface area (Å²) in [5, 5.41) is 15.6. The summed E-state index contributed by atoms with van der Waals surface area (Å²) in [6.07, 6.45) is 0. The van der Waals surface area contributed by atoms with Gasteiger partial charge in [0.25, 0.3) is 0 Å². The highest BCUT2D eigenvalue weighted by atomic mass is 14.4. The second kappa shape index (κ2) is 12.0. The molecule has 1 aliphatic rings. The molecule has 0 aromatic heterocycles. The van der Waals surface area contributed by atoms with Crippen LogP contribution in [0.4, 0.5) is 0 Å². The van der Waals surface area contributed by atoms with Crippen LogP contribution in [-0.4, -0.2) is 0 Å². The van der Waals surface area contributed by atoms with E-state index in [1.54, 1.807) is 0 Å². The molecule has 11 aromatic rings. The normalized spacial score (nSPS) is 13.2. The highest BCUT2D eigenvalue weighted by Crippen LogP contribution is 2.53. The average Bonchev–Trinajstić information content (AvgIpc) is 3.49. The van der Waals surface area contributed by atoms with E-state index in [9.17, 15) is 0 Å². The van der Waals surface area contributed by atoms with E-state index in [0.717, 1.165) is 0 Å². The zero-order chi connectivity index (χ0) is 37.8. The first-order valence-corrected chi connectivity index (χ1v) is 20.1. The molecule has 0 saturated carbocycles. The van der Waals surface area contributed by atoms with Crippen molar-refractivity contribution in [2.24, 2.45) is 0 Å². The van der Waals surface area contributed by atoms with Crippen LogP contribution in [0.15, 0.2) is 194 Å². The summed E-state index contributed by atoms with van der Waals surface area (Å²) in [6, 6.07) is 72.7. The minimum atomic E-state index is -0.170. The lowest BCUT2D eigenvalue weighted by Gasteiger charge is -2.23. The van der Waals surface area contributed by atoms with Gasteiger partial charge in [-0.1, -0.05) is 178 Å². The van der Waals surface area contributed by atoms with E-state index in [-0.39, 0.29) is 5.41 Å². The molecule has 0 aliphatic heterocycles. The van der Waals surface area contributed by atoms with Crippen molar-refractivity contribution in [1.29, 1.82) is 0 Å². The van der Waals surface area contributed by atoms with Gasteiger partial charge >= 0.3 is 0 Å².